The lowest BCUT2D eigenvalue weighted by Crippen LogP contribution is -2.34. The van der Waals surface area contributed by atoms with Crippen LogP contribution in [0.2, 0.25) is 0 Å². The molecule has 0 spiro atoms. The summed E-state index contributed by atoms with van der Waals surface area (Å²) < 4.78 is 68.6. The monoisotopic (exact) mass is 471 g/mol. The van der Waals surface area contributed by atoms with Crippen molar-refractivity contribution < 1.29 is 30.8 Å². The molecule has 9 nitrogen and oxygen atoms in total. The van der Waals surface area contributed by atoms with Gasteiger partial charge in [-0.25, -0.2) is 36.0 Å². The second-order valence-electron chi connectivity index (χ2n) is 8.34. The van der Waals surface area contributed by atoms with Crippen LogP contribution in [0.1, 0.15) is 32.0 Å². The van der Waals surface area contributed by atoms with Crippen molar-refractivity contribution in [1.82, 2.24) is 9.97 Å². The number of carbonyl (C=O) groups excluding carboxylic acids is 1. The highest BCUT2D eigenvalue weighted by Crippen LogP contribution is 2.44. The van der Waals surface area contributed by atoms with Gasteiger partial charge in [-0.3, -0.25) is 4.90 Å². The number of amides is 1. The highest BCUT2D eigenvalue weighted by Gasteiger charge is 2.34. The molecule has 1 aliphatic rings. The highest BCUT2D eigenvalue weighted by molar-refractivity contribution is 7.91. The Morgan fingerprint density at radius 3 is 2.23 bits per heavy atom. The minimum Gasteiger partial charge on any atom is -0.443 e. The third kappa shape index (κ3) is 4.54. The minimum absolute atomic E-state index is 0.0129. The first-order valence-electron chi connectivity index (χ1n) is 9.09. The molecule has 0 atom stereocenters. The quantitative estimate of drug-likeness (QED) is 0.421. The standard InChI is InChI=1S/C19H22FN3O6S2/c1-19(2,3)29-18(24)23(4)14-8-10(20)7-12-11(14)9-13-15(12)16(30(5,25)26)22-17(21-13)31(6,27)28/h7-8H,9H2,1-6H3. The van der Waals surface area contributed by atoms with Gasteiger partial charge in [-0.1, -0.05) is 0 Å². The highest BCUT2D eigenvalue weighted by atomic mass is 32.2. The Bertz CT molecular complexity index is 1320. The smallest absolute Gasteiger partial charge is 0.414 e. The Hall–Kier alpha value is -2.60. The maximum absolute atomic E-state index is 14.5. The number of ether oxygens (including phenoxy) is 1. The first kappa shape index (κ1) is 23.1. The fourth-order valence-electron chi connectivity index (χ4n) is 3.22. The number of halogens is 1. The number of benzene rings is 1. The Labute approximate surface area is 180 Å². The van der Waals surface area contributed by atoms with Crippen LogP contribution in [0, 0.1) is 5.82 Å². The summed E-state index contributed by atoms with van der Waals surface area (Å²) in [5.41, 5.74) is 0.112. The van der Waals surface area contributed by atoms with Gasteiger partial charge in [-0.15, -0.1) is 0 Å². The second kappa shape index (κ2) is 7.23. The first-order chi connectivity index (χ1) is 14.0. The van der Waals surface area contributed by atoms with Crippen molar-refractivity contribution in [3.63, 3.8) is 0 Å². The van der Waals surface area contributed by atoms with Crippen LogP contribution in [0.5, 0.6) is 0 Å². The third-order valence-electron chi connectivity index (χ3n) is 4.45. The van der Waals surface area contributed by atoms with Crippen LogP contribution < -0.4 is 4.90 Å². The van der Waals surface area contributed by atoms with E-state index in [9.17, 15) is 26.0 Å². The molecule has 31 heavy (non-hydrogen) atoms. The molecule has 0 radical (unpaired) electrons. The minimum atomic E-state index is -3.98. The largest absolute Gasteiger partial charge is 0.443 e. The number of nitrogens with zero attached hydrogens (tertiary/aromatic N) is 3. The average molecular weight is 472 g/mol. The molecule has 1 aliphatic carbocycles. The molecular weight excluding hydrogens is 449 g/mol. The van der Waals surface area contributed by atoms with E-state index in [1.807, 2.05) is 0 Å². The maximum Gasteiger partial charge on any atom is 0.414 e. The van der Waals surface area contributed by atoms with Gasteiger partial charge in [0.15, 0.2) is 14.9 Å². The Morgan fingerprint density at radius 2 is 1.71 bits per heavy atom. The maximum atomic E-state index is 14.5. The molecule has 0 fully saturated rings. The lowest BCUT2D eigenvalue weighted by molar-refractivity contribution is 0.0589. The van der Waals surface area contributed by atoms with Gasteiger partial charge >= 0.3 is 6.09 Å². The van der Waals surface area contributed by atoms with E-state index in [1.54, 1.807) is 20.8 Å². The molecule has 12 heteroatoms. The Kier molecular flexibility index (Phi) is 5.38. The molecule has 2 aromatic rings. The zero-order valence-corrected chi connectivity index (χ0v) is 19.5. The number of fused-ring (bicyclic) bond motifs is 3. The number of anilines is 1. The van der Waals surface area contributed by atoms with Crippen molar-refractivity contribution in [2.75, 3.05) is 24.5 Å². The molecule has 3 rings (SSSR count). The molecule has 1 amide bonds. The molecule has 1 aromatic carbocycles. The van der Waals surface area contributed by atoms with Crippen molar-refractivity contribution in [3.8, 4) is 11.1 Å². The van der Waals surface area contributed by atoms with Crippen LogP contribution in [-0.4, -0.2) is 58.1 Å². The van der Waals surface area contributed by atoms with Crippen LogP contribution in [-0.2, 0) is 30.8 Å². The molecule has 1 aromatic heterocycles. The molecule has 1 heterocycles. The molecule has 0 saturated heterocycles. The van der Waals surface area contributed by atoms with Crippen LogP contribution in [0.25, 0.3) is 11.1 Å². The van der Waals surface area contributed by atoms with Crippen molar-refractivity contribution in [1.29, 1.82) is 0 Å². The topological polar surface area (TPSA) is 124 Å². The first-order valence-corrected chi connectivity index (χ1v) is 12.9. The Balaban J connectivity index is 2.26. The molecular formula is C19H22FN3O6S2. The SMILES string of the molecule is CN(C(=O)OC(C)(C)C)c1cc(F)cc2c1Cc1nc(S(C)(=O)=O)nc(S(C)(=O)=O)c1-2. The van der Waals surface area contributed by atoms with Gasteiger partial charge in [0, 0.05) is 31.5 Å². The molecule has 0 aliphatic heterocycles. The summed E-state index contributed by atoms with van der Waals surface area (Å²) >= 11 is 0. The summed E-state index contributed by atoms with van der Waals surface area (Å²) in [5, 5.41) is -1.14. The number of rotatable bonds is 3. The number of carbonyl (C=O) groups is 1. The molecule has 0 saturated carbocycles. The molecule has 168 valence electrons. The van der Waals surface area contributed by atoms with Crippen molar-refractivity contribution in [3.05, 3.63) is 29.2 Å². The van der Waals surface area contributed by atoms with Gasteiger partial charge in [0.05, 0.1) is 11.4 Å². The zero-order chi connectivity index (χ0) is 23.5. The van der Waals surface area contributed by atoms with Crippen molar-refractivity contribution >= 4 is 31.5 Å². The van der Waals surface area contributed by atoms with Gasteiger partial charge in [0.25, 0.3) is 0 Å². The van der Waals surface area contributed by atoms with Crippen LogP contribution in [0.15, 0.2) is 22.3 Å². The summed E-state index contributed by atoms with van der Waals surface area (Å²) in [6.45, 7) is 5.06. The molecule has 0 bridgehead atoms. The fraction of sp³-hybridized carbons (Fsp3) is 0.421. The molecule has 0 N–H and O–H groups in total. The number of aromatic nitrogens is 2. The summed E-state index contributed by atoms with van der Waals surface area (Å²) in [7, 11) is -6.49. The zero-order valence-electron chi connectivity index (χ0n) is 17.8. The second-order valence-corrected chi connectivity index (χ2v) is 12.2. The van der Waals surface area contributed by atoms with E-state index in [0.717, 1.165) is 29.5 Å². The van der Waals surface area contributed by atoms with E-state index < -0.39 is 47.4 Å². The van der Waals surface area contributed by atoms with Crippen LogP contribution in [0.3, 0.4) is 0 Å². The third-order valence-corrected chi connectivity index (χ3v) is 6.29. The lowest BCUT2D eigenvalue weighted by atomic mass is 10.0. The lowest BCUT2D eigenvalue weighted by Gasteiger charge is -2.26. The predicted octanol–water partition coefficient (Wildman–Crippen LogP) is 2.37. The van der Waals surface area contributed by atoms with E-state index in [0.29, 0.717) is 5.56 Å². The molecule has 0 unspecified atom stereocenters. The number of hydrogen-bond donors (Lipinski definition) is 0. The average Bonchev–Trinajstić information content (AvgIpc) is 2.94. The number of sulfone groups is 2. The van der Waals surface area contributed by atoms with Gasteiger partial charge in [-0.05, 0) is 44.0 Å². The summed E-state index contributed by atoms with van der Waals surface area (Å²) in [6, 6.07) is 2.24. The van der Waals surface area contributed by atoms with Crippen molar-refractivity contribution in [2.45, 2.75) is 43.0 Å². The van der Waals surface area contributed by atoms with E-state index in [-0.39, 0.29) is 28.9 Å². The van der Waals surface area contributed by atoms with E-state index in [2.05, 4.69) is 9.97 Å². The summed E-state index contributed by atoms with van der Waals surface area (Å²) in [5.74, 6) is -0.719. The summed E-state index contributed by atoms with van der Waals surface area (Å²) in [6.07, 6.45) is 1.00. The Morgan fingerprint density at radius 1 is 1.10 bits per heavy atom. The normalized spacial score (nSPS) is 13.5. The van der Waals surface area contributed by atoms with E-state index in [4.69, 9.17) is 4.74 Å². The predicted molar refractivity (Wildman–Crippen MR) is 111 cm³/mol. The van der Waals surface area contributed by atoms with E-state index >= 15 is 0 Å². The number of hydrogen-bond acceptors (Lipinski definition) is 8. The van der Waals surface area contributed by atoms with Crippen LogP contribution in [0.4, 0.5) is 14.9 Å². The fourth-order valence-corrected chi connectivity index (χ4v) is 4.66. The van der Waals surface area contributed by atoms with Gasteiger partial charge < -0.3 is 4.74 Å². The van der Waals surface area contributed by atoms with Crippen molar-refractivity contribution in [2.24, 2.45) is 0 Å². The van der Waals surface area contributed by atoms with Gasteiger partial charge in [-0.2, -0.15) is 0 Å². The van der Waals surface area contributed by atoms with Gasteiger partial charge in [0.1, 0.15) is 11.4 Å². The van der Waals surface area contributed by atoms with Gasteiger partial charge in [0.2, 0.25) is 15.0 Å². The van der Waals surface area contributed by atoms with E-state index in [1.165, 1.54) is 7.05 Å². The van der Waals surface area contributed by atoms with Crippen LogP contribution >= 0.6 is 0 Å². The summed E-state index contributed by atoms with van der Waals surface area (Å²) in [4.78, 5) is 21.4.